The summed E-state index contributed by atoms with van der Waals surface area (Å²) in [5.74, 6) is -10.6. The van der Waals surface area contributed by atoms with Crippen LogP contribution in [0.2, 0.25) is 0 Å². The fraction of sp³-hybridized carbons (Fsp3) is 0.719. The number of hydrogen-bond acceptors (Lipinski definition) is 15. The van der Waals surface area contributed by atoms with E-state index in [0.717, 1.165) is 0 Å². The second-order valence-corrected chi connectivity index (χ2v) is 23.2. The molecule has 82 heavy (non-hydrogen) atoms. The van der Waals surface area contributed by atoms with E-state index < -0.39 is 155 Å². The van der Waals surface area contributed by atoms with Gasteiger partial charge < -0.3 is 81.0 Å². The van der Waals surface area contributed by atoms with E-state index in [4.69, 9.17) is 22.9 Å². The summed E-state index contributed by atoms with van der Waals surface area (Å²) in [6, 6.07) is -5.66. The number of aliphatic carboxylic acids is 1. The Kier molecular flexibility index (Phi) is 33.8. The molecule has 0 aliphatic rings. The van der Waals surface area contributed by atoms with E-state index >= 15 is 0 Å². The number of carbonyl (C=O) groups is 10. The summed E-state index contributed by atoms with van der Waals surface area (Å²) in [4.78, 5) is 137. The summed E-state index contributed by atoms with van der Waals surface area (Å²) in [6.07, 6.45) is 3.23. The number of nitrogens with two attached hydrogens (primary N) is 4. The molecule has 0 unspecified atom stereocenters. The average Bonchev–Trinajstić information content (AvgIpc) is 3.53. The van der Waals surface area contributed by atoms with Crippen LogP contribution in [0.5, 0.6) is 5.75 Å². The van der Waals surface area contributed by atoms with Crippen molar-refractivity contribution in [2.75, 3.05) is 19.6 Å². The van der Waals surface area contributed by atoms with E-state index in [1.54, 1.807) is 95.2 Å². The maximum Gasteiger partial charge on any atom is 0.326 e. The van der Waals surface area contributed by atoms with Crippen LogP contribution in [0.3, 0.4) is 0 Å². The van der Waals surface area contributed by atoms with Crippen molar-refractivity contribution in [3.8, 4) is 5.75 Å². The Morgan fingerprint density at radius 3 is 0.878 bits per heavy atom. The first-order valence-corrected chi connectivity index (χ1v) is 29.0. The molecule has 466 valence electrons. The third-order valence-corrected chi connectivity index (χ3v) is 13.9. The molecule has 0 saturated heterocycles. The van der Waals surface area contributed by atoms with Gasteiger partial charge in [0, 0.05) is 0 Å². The van der Waals surface area contributed by atoms with E-state index in [-0.39, 0.29) is 38.0 Å². The van der Waals surface area contributed by atoms with Gasteiger partial charge in [-0.1, -0.05) is 95.2 Å². The molecule has 19 N–H and O–H groups in total. The number of phenols is 1. The smallest absolute Gasteiger partial charge is 0.326 e. The van der Waals surface area contributed by atoms with Gasteiger partial charge in [0.2, 0.25) is 53.2 Å². The zero-order valence-corrected chi connectivity index (χ0v) is 50.5. The minimum Gasteiger partial charge on any atom is -0.508 e. The van der Waals surface area contributed by atoms with Crippen LogP contribution in [0.1, 0.15) is 146 Å². The Morgan fingerprint density at radius 2 is 0.610 bits per heavy atom. The summed E-state index contributed by atoms with van der Waals surface area (Å²) in [6.45, 7) is 21.2. The molecular formula is C57H101N13O12. The predicted molar refractivity (Wildman–Crippen MR) is 313 cm³/mol. The highest BCUT2D eigenvalue weighted by molar-refractivity contribution is 5.98. The number of carboxylic acids is 1. The number of carboxylic acid groups (broad SMARTS) is 1. The Labute approximate surface area is 485 Å². The topological polar surface area (TPSA) is 424 Å². The fourth-order valence-corrected chi connectivity index (χ4v) is 8.74. The van der Waals surface area contributed by atoms with Gasteiger partial charge in [-0.3, -0.25) is 43.2 Å². The molecule has 0 aliphatic carbocycles. The number of amides is 9. The second kappa shape index (κ2) is 37.6. The van der Waals surface area contributed by atoms with Crippen LogP contribution in [0.15, 0.2) is 24.3 Å². The van der Waals surface area contributed by atoms with Gasteiger partial charge in [-0.2, -0.15) is 0 Å². The molecule has 0 bridgehead atoms. The number of rotatable bonds is 39. The highest BCUT2D eigenvalue weighted by Crippen LogP contribution is 2.16. The van der Waals surface area contributed by atoms with Crippen LogP contribution in [0.4, 0.5) is 0 Å². The molecule has 25 heteroatoms. The van der Waals surface area contributed by atoms with Gasteiger partial charge in [0.25, 0.3) is 0 Å². The second-order valence-electron chi connectivity index (χ2n) is 23.2. The van der Waals surface area contributed by atoms with Crippen LogP contribution in [0.25, 0.3) is 0 Å². The molecule has 0 radical (unpaired) electrons. The van der Waals surface area contributed by atoms with Crippen molar-refractivity contribution in [1.82, 2.24) is 47.9 Å². The molecule has 10 atom stereocenters. The van der Waals surface area contributed by atoms with Crippen LogP contribution in [-0.4, -0.2) is 149 Å². The summed E-state index contributed by atoms with van der Waals surface area (Å²) in [5.41, 5.74) is 24.0. The number of carbonyl (C=O) groups excluding carboxylic acids is 9. The Hall–Kier alpha value is -6.44. The first-order chi connectivity index (χ1) is 38.4. The number of phenolic OH excluding ortho intramolecular Hbond substituents is 1. The number of benzene rings is 1. The van der Waals surface area contributed by atoms with Crippen molar-refractivity contribution in [3.63, 3.8) is 0 Å². The third kappa shape index (κ3) is 25.8. The predicted octanol–water partition coefficient (Wildman–Crippen LogP) is 0.0328. The Bertz CT molecular complexity index is 2210. The molecule has 1 rings (SSSR count). The lowest BCUT2D eigenvalue weighted by Crippen LogP contribution is -2.62. The summed E-state index contributed by atoms with van der Waals surface area (Å²) >= 11 is 0. The molecule has 25 nitrogen and oxygen atoms in total. The Balaban J connectivity index is 3.37. The lowest BCUT2D eigenvalue weighted by atomic mass is 9.97. The van der Waals surface area contributed by atoms with Crippen molar-refractivity contribution in [3.05, 3.63) is 29.8 Å². The van der Waals surface area contributed by atoms with Gasteiger partial charge in [-0.25, -0.2) is 4.79 Å². The molecule has 1 aromatic carbocycles. The van der Waals surface area contributed by atoms with Gasteiger partial charge in [0.05, 0.1) is 6.04 Å². The zero-order chi connectivity index (χ0) is 62.6. The lowest BCUT2D eigenvalue weighted by molar-refractivity contribution is -0.143. The van der Waals surface area contributed by atoms with Crippen LogP contribution in [-0.2, 0) is 54.4 Å². The maximum atomic E-state index is 14.3. The summed E-state index contributed by atoms with van der Waals surface area (Å²) in [5, 5.41) is 43.8. The minimum atomic E-state index is -1.25. The number of nitrogens with one attached hydrogen (secondary N) is 9. The van der Waals surface area contributed by atoms with Gasteiger partial charge in [-0.15, -0.1) is 0 Å². The number of aromatic hydroxyl groups is 1. The van der Waals surface area contributed by atoms with Crippen molar-refractivity contribution >= 4 is 59.1 Å². The molecular weight excluding hydrogens is 1060 g/mol. The van der Waals surface area contributed by atoms with Crippen molar-refractivity contribution in [2.24, 2.45) is 58.4 Å². The standard InChI is InChI=1S/C57H101N13O12/c1-30(2)42(68-54(78)45(33(7)8)65-48(72)38(61)29-36-22-24-37(71)25-23-36)51(75)62-39(19-13-16-26-58)49(73)66-46(34(9)10)55(79)69-43(31(3)4)52(76)63-40(20-14-17-27-59)50(74)67-47(35(11)12)56(80)70-44(32(5)6)53(77)64-41(57(81)82)21-15-18-28-60/h22-25,30-35,38-47,71H,13-21,26-29,58-61H2,1-12H3,(H,62,75)(H,63,76)(H,64,77)(H,65,72)(H,66,73)(H,67,74)(H,68,78)(H,69,79)(H,70,80)(H,81,82)/t38-,39-,40-,41-,42-,43-,44-,45-,46-,47-/m0/s1. The van der Waals surface area contributed by atoms with Gasteiger partial charge in [0.15, 0.2) is 0 Å². The molecule has 0 aliphatic heterocycles. The molecule has 0 saturated carbocycles. The van der Waals surface area contributed by atoms with E-state index in [0.29, 0.717) is 57.2 Å². The summed E-state index contributed by atoms with van der Waals surface area (Å²) < 4.78 is 0. The molecule has 9 amide bonds. The highest BCUT2D eigenvalue weighted by atomic mass is 16.4. The van der Waals surface area contributed by atoms with Crippen molar-refractivity contribution in [1.29, 1.82) is 0 Å². The minimum absolute atomic E-state index is 0.0526. The highest BCUT2D eigenvalue weighted by Gasteiger charge is 2.38. The molecule has 0 aromatic heterocycles. The average molecular weight is 1160 g/mol. The quantitative estimate of drug-likeness (QED) is 0.0387. The van der Waals surface area contributed by atoms with Crippen LogP contribution in [0, 0.1) is 35.5 Å². The monoisotopic (exact) mass is 1160 g/mol. The SMILES string of the molecule is CC(C)[C@H](NC(=O)[C@H](CCCCN)NC(=O)[C@@H](NC(=O)[C@@H](NC(=O)[C@H](CCCCN)NC(=O)[C@@H](NC(=O)[C@@H](NC(=O)[C@@H](N)Cc1ccc(O)cc1)C(C)C)C(C)C)C(C)C)C(C)C)C(=O)N[C@H](C(=O)N[C@@H](CCCCN)C(=O)O)C(C)C. The normalized spacial score (nSPS) is 15.2. The third-order valence-electron chi connectivity index (χ3n) is 13.9. The zero-order valence-electron chi connectivity index (χ0n) is 50.5. The number of unbranched alkanes of at least 4 members (excludes halogenated alkanes) is 3. The van der Waals surface area contributed by atoms with Gasteiger partial charge >= 0.3 is 5.97 Å². The van der Waals surface area contributed by atoms with Gasteiger partial charge in [0.1, 0.15) is 60.1 Å². The molecule has 1 aromatic rings. The van der Waals surface area contributed by atoms with Crippen molar-refractivity contribution in [2.45, 2.75) is 208 Å². The first kappa shape index (κ1) is 73.6. The van der Waals surface area contributed by atoms with Crippen LogP contribution < -0.4 is 70.8 Å². The van der Waals surface area contributed by atoms with E-state index in [9.17, 15) is 58.2 Å². The van der Waals surface area contributed by atoms with E-state index in [1.165, 1.54) is 12.1 Å². The van der Waals surface area contributed by atoms with Gasteiger partial charge in [-0.05, 0) is 137 Å². The summed E-state index contributed by atoms with van der Waals surface area (Å²) in [7, 11) is 0. The van der Waals surface area contributed by atoms with Crippen molar-refractivity contribution < 1.29 is 58.2 Å². The maximum absolute atomic E-state index is 14.3. The van der Waals surface area contributed by atoms with Crippen LogP contribution >= 0.6 is 0 Å². The molecule has 0 heterocycles. The molecule has 0 spiro atoms. The Morgan fingerprint density at radius 1 is 0.366 bits per heavy atom. The fourth-order valence-electron chi connectivity index (χ4n) is 8.74. The number of hydrogen-bond donors (Lipinski definition) is 15. The first-order valence-electron chi connectivity index (χ1n) is 29.0. The molecule has 0 fully saturated rings. The van der Waals surface area contributed by atoms with E-state index in [1.807, 2.05) is 0 Å². The largest absolute Gasteiger partial charge is 0.508 e. The van der Waals surface area contributed by atoms with E-state index in [2.05, 4.69) is 47.9 Å². The lowest BCUT2D eigenvalue weighted by Gasteiger charge is -2.31.